The Morgan fingerprint density at radius 2 is 1.94 bits per heavy atom. The van der Waals surface area contributed by atoms with Gasteiger partial charge in [0.1, 0.15) is 0 Å². The first kappa shape index (κ1) is 15.1. The van der Waals surface area contributed by atoms with Crippen LogP contribution >= 0.6 is 11.8 Å². The second-order valence-corrected chi connectivity index (χ2v) is 4.16. The van der Waals surface area contributed by atoms with Crippen molar-refractivity contribution in [1.29, 1.82) is 0 Å². The van der Waals surface area contributed by atoms with Gasteiger partial charge in [0.15, 0.2) is 0 Å². The molecule has 0 bridgehead atoms. The van der Waals surface area contributed by atoms with E-state index in [1.54, 1.807) is 0 Å². The largest absolute Gasteiger partial charge is 0.481 e. The molecule has 0 aliphatic heterocycles. The Labute approximate surface area is 94.6 Å². The fourth-order valence-corrected chi connectivity index (χ4v) is 1.49. The topological polar surface area (TPSA) is 66.4 Å². The van der Waals surface area contributed by atoms with Crippen molar-refractivity contribution in [2.45, 2.75) is 25.6 Å². The fraction of sp³-hybridized carbons (Fsp3) is 0.750. The zero-order valence-electron chi connectivity index (χ0n) is 8.50. The molecule has 1 amide bonds. The quantitative estimate of drug-likeness (QED) is 0.753. The number of thioether (sulfide) groups is 1. The third kappa shape index (κ3) is 9.63. The Hall–Kier alpha value is -0.920. The number of amides is 1. The van der Waals surface area contributed by atoms with Crippen molar-refractivity contribution in [2.24, 2.45) is 0 Å². The van der Waals surface area contributed by atoms with Gasteiger partial charge < -0.3 is 10.4 Å². The van der Waals surface area contributed by atoms with Crippen molar-refractivity contribution in [3.8, 4) is 0 Å². The first-order valence-electron chi connectivity index (χ1n) is 4.36. The van der Waals surface area contributed by atoms with Gasteiger partial charge in [0.25, 0.3) is 0 Å². The Bertz CT molecular complexity index is 257. The maximum atomic E-state index is 11.9. The number of hydrogen-bond donors (Lipinski definition) is 2. The Balaban J connectivity index is 3.74. The van der Waals surface area contributed by atoms with Crippen LogP contribution < -0.4 is 5.32 Å². The molecule has 0 saturated heterocycles. The van der Waals surface area contributed by atoms with E-state index in [2.05, 4.69) is 5.32 Å². The van der Waals surface area contributed by atoms with Crippen LogP contribution in [0.2, 0.25) is 0 Å². The highest BCUT2D eigenvalue weighted by molar-refractivity contribution is 8.00. The predicted octanol–water partition coefficient (Wildman–Crippen LogP) is 1.26. The Morgan fingerprint density at radius 3 is 2.38 bits per heavy atom. The number of halogens is 3. The van der Waals surface area contributed by atoms with Gasteiger partial charge in [0.05, 0.1) is 17.9 Å². The summed E-state index contributed by atoms with van der Waals surface area (Å²) in [6.45, 7) is 1.24. The van der Waals surface area contributed by atoms with Gasteiger partial charge in [-0.25, -0.2) is 0 Å². The van der Waals surface area contributed by atoms with Gasteiger partial charge >= 0.3 is 12.1 Å². The molecule has 0 fully saturated rings. The molecule has 0 rings (SSSR count). The first-order valence-corrected chi connectivity index (χ1v) is 5.52. The van der Waals surface area contributed by atoms with Gasteiger partial charge in [-0.3, -0.25) is 9.59 Å². The zero-order valence-corrected chi connectivity index (χ0v) is 9.32. The van der Waals surface area contributed by atoms with E-state index in [9.17, 15) is 22.8 Å². The predicted molar refractivity (Wildman–Crippen MR) is 53.2 cm³/mol. The smallest absolute Gasteiger partial charge is 0.391 e. The molecule has 0 saturated carbocycles. The van der Waals surface area contributed by atoms with Gasteiger partial charge in [0.2, 0.25) is 5.91 Å². The number of aliphatic carboxylic acids is 1. The minimum atomic E-state index is -4.32. The van der Waals surface area contributed by atoms with Crippen LogP contribution in [-0.4, -0.2) is 40.7 Å². The standard InChI is InChI=1S/C8H12F3NO3S/c1-5(2-8(9,10)11)12-6(13)3-16-4-7(14)15/h5H,2-4H2,1H3,(H,12,13)(H,14,15). The van der Waals surface area contributed by atoms with Gasteiger partial charge in [-0.2, -0.15) is 13.2 Å². The lowest BCUT2D eigenvalue weighted by Crippen LogP contribution is -2.37. The summed E-state index contributed by atoms with van der Waals surface area (Å²) < 4.78 is 35.6. The summed E-state index contributed by atoms with van der Waals surface area (Å²) in [6, 6.07) is -1.00. The van der Waals surface area contributed by atoms with E-state index in [1.807, 2.05) is 0 Å². The van der Waals surface area contributed by atoms with Crippen molar-refractivity contribution >= 4 is 23.6 Å². The second kappa shape index (κ2) is 6.62. The lowest BCUT2D eigenvalue weighted by atomic mass is 10.2. The summed E-state index contributed by atoms with van der Waals surface area (Å²) in [6.07, 6.45) is -5.41. The molecule has 94 valence electrons. The van der Waals surface area contributed by atoms with Crippen molar-refractivity contribution < 1.29 is 27.9 Å². The van der Waals surface area contributed by atoms with Crippen LogP contribution in [0.15, 0.2) is 0 Å². The molecule has 0 radical (unpaired) electrons. The maximum Gasteiger partial charge on any atom is 0.391 e. The van der Waals surface area contributed by atoms with Gasteiger partial charge in [0, 0.05) is 6.04 Å². The Morgan fingerprint density at radius 1 is 1.38 bits per heavy atom. The van der Waals surface area contributed by atoms with Crippen LogP contribution in [0.4, 0.5) is 13.2 Å². The molecule has 0 aliphatic rings. The van der Waals surface area contributed by atoms with Gasteiger partial charge in [-0.15, -0.1) is 11.8 Å². The summed E-state index contributed by atoms with van der Waals surface area (Å²) in [5.41, 5.74) is 0. The highest BCUT2D eigenvalue weighted by Gasteiger charge is 2.30. The van der Waals surface area contributed by atoms with Gasteiger partial charge in [-0.05, 0) is 6.92 Å². The van der Waals surface area contributed by atoms with E-state index < -0.39 is 30.5 Å². The van der Waals surface area contributed by atoms with Gasteiger partial charge in [-0.1, -0.05) is 0 Å². The number of rotatable bonds is 6. The van der Waals surface area contributed by atoms with Crippen molar-refractivity contribution in [2.75, 3.05) is 11.5 Å². The van der Waals surface area contributed by atoms with Crippen LogP contribution in [0.1, 0.15) is 13.3 Å². The highest BCUT2D eigenvalue weighted by atomic mass is 32.2. The summed E-state index contributed by atoms with van der Waals surface area (Å²) in [4.78, 5) is 21.1. The number of alkyl halides is 3. The number of carbonyl (C=O) groups excluding carboxylic acids is 1. The average molecular weight is 259 g/mol. The third-order valence-electron chi connectivity index (χ3n) is 1.40. The molecule has 1 unspecified atom stereocenters. The van der Waals surface area contributed by atoms with Crippen molar-refractivity contribution in [1.82, 2.24) is 5.32 Å². The average Bonchev–Trinajstić information content (AvgIpc) is 1.98. The summed E-state index contributed by atoms with van der Waals surface area (Å²) >= 11 is 0.837. The van der Waals surface area contributed by atoms with E-state index in [0.29, 0.717) is 0 Å². The Kier molecular flexibility index (Phi) is 6.24. The van der Waals surface area contributed by atoms with E-state index >= 15 is 0 Å². The molecule has 1 atom stereocenters. The number of hydrogen-bond acceptors (Lipinski definition) is 3. The lowest BCUT2D eigenvalue weighted by molar-refractivity contribution is -0.141. The third-order valence-corrected chi connectivity index (χ3v) is 2.32. The lowest BCUT2D eigenvalue weighted by Gasteiger charge is -2.15. The first-order chi connectivity index (χ1) is 7.20. The van der Waals surface area contributed by atoms with Crippen molar-refractivity contribution in [3.05, 3.63) is 0 Å². The van der Waals surface area contributed by atoms with E-state index in [1.165, 1.54) is 6.92 Å². The monoisotopic (exact) mass is 259 g/mol. The summed E-state index contributed by atoms with van der Waals surface area (Å²) in [7, 11) is 0. The van der Waals surface area contributed by atoms with Crippen LogP contribution in [0.3, 0.4) is 0 Å². The molecular formula is C8H12F3NO3S. The SMILES string of the molecule is CC(CC(F)(F)F)NC(=O)CSCC(=O)O. The van der Waals surface area contributed by atoms with Crippen LogP contribution in [0.5, 0.6) is 0 Å². The number of carboxylic acids is 1. The van der Waals surface area contributed by atoms with E-state index in [4.69, 9.17) is 5.11 Å². The van der Waals surface area contributed by atoms with E-state index in [0.717, 1.165) is 11.8 Å². The minimum Gasteiger partial charge on any atom is -0.481 e. The summed E-state index contributed by atoms with van der Waals surface area (Å²) in [5.74, 6) is -2.07. The van der Waals surface area contributed by atoms with Crippen LogP contribution in [0, 0.1) is 0 Å². The molecule has 4 nitrogen and oxygen atoms in total. The molecule has 0 heterocycles. The molecule has 0 spiro atoms. The molecule has 2 N–H and O–H groups in total. The van der Waals surface area contributed by atoms with E-state index in [-0.39, 0.29) is 11.5 Å². The normalized spacial score (nSPS) is 13.2. The number of carbonyl (C=O) groups is 2. The minimum absolute atomic E-state index is 0.158. The molecule has 0 aromatic carbocycles. The zero-order chi connectivity index (χ0) is 12.8. The van der Waals surface area contributed by atoms with Crippen LogP contribution in [0.25, 0.3) is 0 Å². The molecular weight excluding hydrogens is 247 g/mol. The number of carboxylic acid groups (broad SMARTS) is 1. The highest BCUT2D eigenvalue weighted by Crippen LogP contribution is 2.21. The second-order valence-electron chi connectivity index (χ2n) is 3.17. The molecule has 16 heavy (non-hydrogen) atoms. The molecule has 0 aromatic rings. The fourth-order valence-electron chi connectivity index (χ4n) is 0.946. The maximum absolute atomic E-state index is 11.9. The van der Waals surface area contributed by atoms with Crippen molar-refractivity contribution in [3.63, 3.8) is 0 Å². The summed E-state index contributed by atoms with van der Waals surface area (Å²) in [5, 5.41) is 10.4. The number of nitrogens with one attached hydrogen (secondary N) is 1. The molecule has 8 heteroatoms. The molecule has 0 aliphatic carbocycles. The molecule has 0 aromatic heterocycles. The van der Waals surface area contributed by atoms with Crippen LogP contribution in [-0.2, 0) is 9.59 Å².